The molecule has 0 spiro atoms. The van der Waals surface area contributed by atoms with E-state index in [9.17, 15) is 19.8 Å². The molecule has 0 saturated carbocycles. The summed E-state index contributed by atoms with van der Waals surface area (Å²) in [6.45, 7) is 3.75. The van der Waals surface area contributed by atoms with Crippen LogP contribution in [0, 0.1) is 6.92 Å². The Kier molecular flexibility index (Phi) is 5.13. The van der Waals surface area contributed by atoms with E-state index >= 15 is 0 Å². The second kappa shape index (κ2) is 7.33. The molecule has 6 heteroatoms. The number of piperidine rings is 1. The quantitative estimate of drug-likeness (QED) is 0.855. The zero-order valence-corrected chi connectivity index (χ0v) is 14.8. The van der Waals surface area contributed by atoms with Crippen LogP contribution in [-0.4, -0.2) is 34.2 Å². The topological polar surface area (TPSA) is 91.0 Å². The number of aliphatic carboxylic acids is 1. The average Bonchev–Trinajstić information content (AvgIpc) is 2.60. The Labute approximate surface area is 151 Å². The first kappa shape index (κ1) is 18.2. The standard InChI is InChI=1S/C20H23NO5/c1-14-11-16(22)18(25)19(26-14)20(12-17(23)24)7-9-21(10-8-20)13-15-5-3-2-4-6-15/h2-6,11,25H,7-10,12-13H2,1H3,(H,23,24). The van der Waals surface area contributed by atoms with Gasteiger partial charge >= 0.3 is 5.97 Å². The molecule has 2 heterocycles. The van der Waals surface area contributed by atoms with Gasteiger partial charge < -0.3 is 14.6 Å². The highest BCUT2D eigenvalue weighted by Crippen LogP contribution is 2.42. The Balaban J connectivity index is 1.85. The van der Waals surface area contributed by atoms with Gasteiger partial charge in [-0.3, -0.25) is 14.5 Å². The molecule has 1 aliphatic heterocycles. The van der Waals surface area contributed by atoms with Gasteiger partial charge in [-0.25, -0.2) is 0 Å². The zero-order chi connectivity index (χ0) is 18.7. The van der Waals surface area contributed by atoms with Gasteiger partial charge in [-0.05, 0) is 38.4 Å². The van der Waals surface area contributed by atoms with Crippen molar-refractivity contribution in [2.75, 3.05) is 13.1 Å². The maximum absolute atomic E-state index is 12.0. The van der Waals surface area contributed by atoms with Crippen molar-refractivity contribution in [2.45, 2.75) is 38.1 Å². The van der Waals surface area contributed by atoms with Crippen molar-refractivity contribution >= 4 is 5.97 Å². The van der Waals surface area contributed by atoms with Gasteiger partial charge in [-0.15, -0.1) is 0 Å². The minimum Gasteiger partial charge on any atom is -0.502 e. The lowest BCUT2D eigenvalue weighted by Gasteiger charge is -2.40. The minimum atomic E-state index is -0.968. The smallest absolute Gasteiger partial charge is 0.304 e. The molecule has 3 rings (SSSR count). The number of aromatic hydroxyl groups is 1. The fourth-order valence-electron chi connectivity index (χ4n) is 3.72. The first-order valence-electron chi connectivity index (χ1n) is 8.72. The summed E-state index contributed by atoms with van der Waals surface area (Å²) >= 11 is 0. The Morgan fingerprint density at radius 3 is 2.50 bits per heavy atom. The lowest BCUT2D eigenvalue weighted by molar-refractivity contribution is -0.139. The van der Waals surface area contributed by atoms with Crippen LogP contribution in [0.3, 0.4) is 0 Å². The van der Waals surface area contributed by atoms with E-state index in [1.807, 2.05) is 18.2 Å². The molecular weight excluding hydrogens is 334 g/mol. The van der Waals surface area contributed by atoms with E-state index in [0.717, 1.165) is 6.54 Å². The van der Waals surface area contributed by atoms with Gasteiger partial charge in [-0.1, -0.05) is 30.3 Å². The molecule has 138 valence electrons. The van der Waals surface area contributed by atoms with Crippen LogP contribution in [-0.2, 0) is 16.8 Å². The summed E-state index contributed by atoms with van der Waals surface area (Å²) in [6, 6.07) is 11.3. The van der Waals surface area contributed by atoms with E-state index < -0.39 is 22.6 Å². The lowest BCUT2D eigenvalue weighted by atomic mass is 9.73. The fourth-order valence-corrected chi connectivity index (χ4v) is 3.72. The number of rotatable bonds is 5. The second-order valence-electron chi connectivity index (χ2n) is 7.01. The third kappa shape index (κ3) is 3.80. The van der Waals surface area contributed by atoms with Crippen molar-refractivity contribution < 1.29 is 19.4 Å². The minimum absolute atomic E-state index is 0.115. The molecule has 0 bridgehead atoms. The normalized spacial score (nSPS) is 17.1. The molecule has 2 N–H and O–H groups in total. The number of nitrogens with zero attached hydrogens (tertiary/aromatic N) is 1. The largest absolute Gasteiger partial charge is 0.502 e. The summed E-state index contributed by atoms with van der Waals surface area (Å²) in [5.74, 6) is -0.943. The summed E-state index contributed by atoms with van der Waals surface area (Å²) in [7, 11) is 0. The first-order chi connectivity index (χ1) is 12.4. The van der Waals surface area contributed by atoms with E-state index in [2.05, 4.69) is 17.0 Å². The van der Waals surface area contributed by atoms with Crippen LogP contribution in [0.1, 0.15) is 36.3 Å². The molecule has 2 aromatic rings. The number of aryl methyl sites for hydroxylation is 1. The van der Waals surface area contributed by atoms with Crippen LogP contribution in [0.5, 0.6) is 5.75 Å². The Morgan fingerprint density at radius 1 is 1.23 bits per heavy atom. The predicted octanol–water partition coefficient (Wildman–Crippen LogP) is 2.66. The monoisotopic (exact) mass is 357 g/mol. The van der Waals surface area contributed by atoms with Crippen LogP contribution < -0.4 is 5.43 Å². The predicted molar refractivity (Wildman–Crippen MR) is 96.3 cm³/mol. The van der Waals surface area contributed by atoms with Crippen LogP contribution in [0.4, 0.5) is 0 Å². The average molecular weight is 357 g/mol. The van der Waals surface area contributed by atoms with Gasteiger partial charge in [0.15, 0.2) is 5.76 Å². The van der Waals surface area contributed by atoms with Gasteiger partial charge in [0.1, 0.15) is 5.76 Å². The summed E-state index contributed by atoms with van der Waals surface area (Å²) in [4.78, 5) is 25.7. The Hall–Kier alpha value is -2.60. The summed E-state index contributed by atoms with van der Waals surface area (Å²) in [6.07, 6.45) is 0.838. The number of carboxylic acids is 1. The van der Waals surface area contributed by atoms with Crippen LogP contribution in [0.2, 0.25) is 0 Å². The number of hydrogen-bond donors (Lipinski definition) is 2. The van der Waals surface area contributed by atoms with Crippen molar-refractivity contribution in [3.8, 4) is 5.75 Å². The highest BCUT2D eigenvalue weighted by atomic mass is 16.4. The molecule has 1 aromatic heterocycles. The van der Waals surface area contributed by atoms with Crippen LogP contribution in [0.15, 0.2) is 45.6 Å². The number of hydrogen-bond acceptors (Lipinski definition) is 5. The molecule has 1 aliphatic rings. The highest BCUT2D eigenvalue weighted by molar-refractivity contribution is 5.69. The molecular formula is C20H23NO5. The molecule has 1 saturated heterocycles. The van der Waals surface area contributed by atoms with Crippen LogP contribution in [0.25, 0.3) is 0 Å². The van der Waals surface area contributed by atoms with Crippen molar-refractivity contribution in [3.05, 3.63) is 63.7 Å². The molecule has 0 aliphatic carbocycles. The number of benzene rings is 1. The zero-order valence-electron chi connectivity index (χ0n) is 14.8. The highest BCUT2D eigenvalue weighted by Gasteiger charge is 2.43. The van der Waals surface area contributed by atoms with Gasteiger partial charge in [0.05, 0.1) is 6.42 Å². The van der Waals surface area contributed by atoms with E-state index in [0.29, 0.717) is 31.7 Å². The summed E-state index contributed by atoms with van der Waals surface area (Å²) in [5, 5.41) is 19.6. The molecule has 1 fully saturated rings. The molecule has 6 nitrogen and oxygen atoms in total. The van der Waals surface area contributed by atoms with E-state index in [1.54, 1.807) is 6.92 Å². The third-order valence-electron chi connectivity index (χ3n) is 5.08. The van der Waals surface area contributed by atoms with Crippen molar-refractivity contribution in [2.24, 2.45) is 0 Å². The molecule has 1 aromatic carbocycles. The second-order valence-corrected chi connectivity index (χ2v) is 7.01. The van der Waals surface area contributed by atoms with E-state index in [-0.39, 0.29) is 12.2 Å². The number of carbonyl (C=O) groups is 1. The van der Waals surface area contributed by atoms with E-state index in [1.165, 1.54) is 11.6 Å². The number of likely N-dealkylation sites (tertiary alicyclic amines) is 1. The summed E-state index contributed by atoms with van der Waals surface area (Å²) < 4.78 is 5.65. The van der Waals surface area contributed by atoms with Gasteiger partial charge in [0.25, 0.3) is 0 Å². The maximum Gasteiger partial charge on any atom is 0.304 e. The summed E-state index contributed by atoms with van der Waals surface area (Å²) in [5.41, 5.74) is -0.197. The molecule has 0 amide bonds. The SMILES string of the molecule is Cc1cc(=O)c(O)c(C2(CC(=O)O)CCN(Cc3ccccc3)CC2)o1. The Morgan fingerprint density at radius 2 is 1.88 bits per heavy atom. The van der Waals surface area contributed by atoms with Crippen LogP contribution >= 0.6 is 0 Å². The molecule has 0 unspecified atom stereocenters. The molecule has 0 radical (unpaired) electrons. The van der Waals surface area contributed by atoms with Crippen molar-refractivity contribution in [1.82, 2.24) is 4.90 Å². The molecule has 26 heavy (non-hydrogen) atoms. The van der Waals surface area contributed by atoms with Crippen molar-refractivity contribution in [3.63, 3.8) is 0 Å². The maximum atomic E-state index is 12.0. The van der Waals surface area contributed by atoms with Gasteiger partial charge in [0.2, 0.25) is 11.2 Å². The Bertz CT molecular complexity index is 835. The van der Waals surface area contributed by atoms with Gasteiger partial charge in [0, 0.05) is 18.0 Å². The fraction of sp³-hybridized carbons (Fsp3) is 0.400. The third-order valence-corrected chi connectivity index (χ3v) is 5.08. The molecule has 0 atom stereocenters. The van der Waals surface area contributed by atoms with Gasteiger partial charge in [-0.2, -0.15) is 0 Å². The van der Waals surface area contributed by atoms with E-state index in [4.69, 9.17) is 4.42 Å². The lowest BCUT2D eigenvalue weighted by Crippen LogP contribution is -2.44. The van der Waals surface area contributed by atoms with Crippen molar-refractivity contribution in [1.29, 1.82) is 0 Å². The first-order valence-corrected chi connectivity index (χ1v) is 8.72. The number of carboxylic acid groups (broad SMARTS) is 1.